The van der Waals surface area contributed by atoms with E-state index in [1.165, 1.54) is 0 Å². The van der Waals surface area contributed by atoms with Crippen LogP contribution in [0.1, 0.15) is 18.5 Å². The lowest BCUT2D eigenvalue weighted by atomic mass is 10.1. The summed E-state index contributed by atoms with van der Waals surface area (Å²) in [4.78, 5) is 0. The Morgan fingerprint density at radius 2 is 1.75 bits per heavy atom. The van der Waals surface area contributed by atoms with Gasteiger partial charge < -0.3 is 10.1 Å². The third-order valence-electron chi connectivity index (χ3n) is 2.97. The maximum atomic E-state index is 6.23. The molecule has 0 aliphatic heterocycles. The second-order valence-corrected chi connectivity index (χ2v) is 6.08. The van der Waals surface area contributed by atoms with Gasteiger partial charge in [-0.1, -0.05) is 57.3 Å². The number of rotatable bonds is 4. The van der Waals surface area contributed by atoms with Crippen molar-refractivity contribution in [1.29, 1.82) is 0 Å². The fraction of sp³-hybridized carbons (Fsp3) is 0.200. The van der Waals surface area contributed by atoms with E-state index in [-0.39, 0.29) is 6.04 Å². The van der Waals surface area contributed by atoms with Crippen LogP contribution in [0.3, 0.4) is 0 Å². The lowest BCUT2D eigenvalue weighted by molar-refractivity contribution is 0.408. The number of hydrogen-bond acceptors (Lipinski definition) is 2. The molecule has 106 valence electrons. The predicted octanol–water partition coefficient (Wildman–Crippen LogP) is 5.94. The number of methoxy groups -OCH3 is 1. The molecule has 0 aromatic heterocycles. The van der Waals surface area contributed by atoms with Gasteiger partial charge in [0.05, 0.1) is 28.9 Å². The lowest BCUT2D eigenvalue weighted by Gasteiger charge is -2.20. The van der Waals surface area contributed by atoms with Crippen molar-refractivity contribution >= 4 is 44.8 Å². The van der Waals surface area contributed by atoms with E-state index < -0.39 is 0 Å². The number of hydrogen-bond donors (Lipinski definition) is 1. The first-order chi connectivity index (χ1) is 9.52. The number of anilines is 1. The largest absolute Gasteiger partial charge is 0.496 e. The van der Waals surface area contributed by atoms with Crippen LogP contribution in [0.4, 0.5) is 5.69 Å². The Morgan fingerprint density at radius 3 is 2.35 bits per heavy atom. The Hall–Kier alpha value is -0.900. The van der Waals surface area contributed by atoms with Gasteiger partial charge in [-0.2, -0.15) is 0 Å². The van der Waals surface area contributed by atoms with Gasteiger partial charge in [0.15, 0.2) is 0 Å². The fourth-order valence-corrected chi connectivity index (χ4v) is 3.32. The Labute approximate surface area is 137 Å². The number of nitrogens with one attached hydrogen (secondary N) is 1. The first-order valence-electron chi connectivity index (χ1n) is 6.07. The van der Waals surface area contributed by atoms with E-state index in [4.69, 9.17) is 27.9 Å². The Morgan fingerprint density at radius 1 is 1.15 bits per heavy atom. The van der Waals surface area contributed by atoms with Crippen molar-refractivity contribution in [3.05, 3.63) is 56.5 Å². The minimum Gasteiger partial charge on any atom is -0.496 e. The SMILES string of the molecule is COc1ccccc1C(C)Nc1c(Cl)cc(Br)cc1Cl. The molecule has 2 aromatic carbocycles. The standard InChI is InChI=1S/C15H14BrCl2NO/c1-9(11-5-3-4-6-14(11)20-2)19-15-12(17)7-10(16)8-13(15)18/h3-9,19H,1-2H3. The van der Waals surface area contributed by atoms with E-state index in [1.807, 2.05) is 43.3 Å². The number of halogens is 3. The second-order valence-electron chi connectivity index (χ2n) is 4.35. The monoisotopic (exact) mass is 373 g/mol. The normalized spacial score (nSPS) is 12.1. The molecule has 0 saturated carbocycles. The summed E-state index contributed by atoms with van der Waals surface area (Å²) in [5, 5.41) is 4.48. The van der Waals surface area contributed by atoms with Crippen LogP contribution in [0.25, 0.3) is 0 Å². The Balaban J connectivity index is 2.30. The summed E-state index contributed by atoms with van der Waals surface area (Å²) in [7, 11) is 1.66. The first kappa shape index (κ1) is 15.5. The summed E-state index contributed by atoms with van der Waals surface area (Å²) >= 11 is 15.8. The van der Waals surface area contributed by atoms with E-state index in [0.717, 1.165) is 21.5 Å². The van der Waals surface area contributed by atoms with Crippen molar-refractivity contribution in [3.63, 3.8) is 0 Å². The van der Waals surface area contributed by atoms with Crippen LogP contribution >= 0.6 is 39.1 Å². The van der Waals surface area contributed by atoms with E-state index >= 15 is 0 Å². The lowest BCUT2D eigenvalue weighted by Crippen LogP contribution is -2.09. The molecule has 2 nitrogen and oxygen atoms in total. The molecule has 1 atom stereocenters. The van der Waals surface area contributed by atoms with Gasteiger partial charge in [0.2, 0.25) is 0 Å². The van der Waals surface area contributed by atoms with Gasteiger partial charge in [-0.05, 0) is 25.1 Å². The fourth-order valence-electron chi connectivity index (χ4n) is 2.00. The molecule has 20 heavy (non-hydrogen) atoms. The topological polar surface area (TPSA) is 21.3 Å². The van der Waals surface area contributed by atoms with Crippen LogP contribution in [-0.4, -0.2) is 7.11 Å². The highest BCUT2D eigenvalue weighted by Gasteiger charge is 2.14. The van der Waals surface area contributed by atoms with Crippen LogP contribution in [0.2, 0.25) is 10.0 Å². The molecule has 0 aliphatic rings. The minimum atomic E-state index is 0.0160. The van der Waals surface area contributed by atoms with E-state index in [0.29, 0.717) is 10.0 Å². The number of para-hydroxylation sites is 1. The number of ether oxygens (including phenoxy) is 1. The van der Waals surface area contributed by atoms with Crippen molar-refractivity contribution in [1.82, 2.24) is 0 Å². The molecule has 0 heterocycles. The summed E-state index contributed by atoms with van der Waals surface area (Å²) in [6.45, 7) is 2.03. The Bertz CT molecular complexity index is 596. The quantitative estimate of drug-likeness (QED) is 0.715. The third kappa shape index (κ3) is 3.40. The molecule has 1 unspecified atom stereocenters. The highest BCUT2D eigenvalue weighted by Crippen LogP contribution is 2.37. The van der Waals surface area contributed by atoms with Crippen molar-refractivity contribution < 1.29 is 4.74 Å². The molecule has 0 aliphatic carbocycles. The van der Waals surface area contributed by atoms with Gasteiger partial charge >= 0.3 is 0 Å². The highest BCUT2D eigenvalue weighted by molar-refractivity contribution is 9.10. The van der Waals surface area contributed by atoms with E-state index in [2.05, 4.69) is 21.2 Å². The van der Waals surface area contributed by atoms with Gasteiger partial charge in [-0.15, -0.1) is 0 Å². The minimum absolute atomic E-state index is 0.0160. The van der Waals surface area contributed by atoms with Crippen LogP contribution in [0, 0.1) is 0 Å². The average molecular weight is 375 g/mol. The van der Waals surface area contributed by atoms with Gasteiger partial charge in [-0.3, -0.25) is 0 Å². The molecule has 2 aromatic rings. The molecular formula is C15H14BrCl2NO. The summed E-state index contributed by atoms with van der Waals surface area (Å²) in [5.74, 6) is 0.830. The molecule has 5 heteroatoms. The van der Waals surface area contributed by atoms with Crippen LogP contribution < -0.4 is 10.1 Å². The summed E-state index contributed by atoms with van der Waals surface area (Å²) < 4.78 is 6.22. The van der Waals surface area contributed by atoms with Crippen molar-refractivity contribution in [2.45, 2.75) is 13.0 Å². The third-order valence-corrected chi connectivity index (χ3v) is 4.03. The molecule has 2 rings (SSSR count). The maximum absolute atomic E-state index is 6.23. The van der Waals surface area contributed by atoms with Crippen LogP contribution in [0.5, 0.6) is 5.75 Å². The van der Waals surface area contributed by atoms with Gasteiger partial charge in [0.1, 0.15) is 5.75 Å². The van der Waals surface area contributed by atoms with Crippen LogP contribution in [0.15, 0.2) is 40.9 Å². The molecular weight excluding hydrogens is 361 g/mol. The van der Waals surface area contributed by atoms with Crippen molar-refractivity contribution in [2.24, 2.45) is 0 Å². The molecule has 0 saturated heterocycles. The van der Waals surface area contributed by atoms with Crippen LogP contribution in [-0.2, 0) is 0 Å². The van der Waals surface area contributed by atoms with Crippen molar-refractivity contribution in [3.8, 4) is 5.75 Å². The van der Waals surface area contributed by atoms with Gasteiger partial charge in [0.25, 0.3) is 0 Å². The Kier molecular flexibility index (Phi) is 5.19. The average Bonchev–Trinajstić information content (AvgIpc) is 2.42. The smallest absolute Gasteiger partial charge is 0.124 e. The molecule has 0 bridgehead atoms. The zero-order valence-corrected chi connectivity index (χ0v) is 14.2. The second kappa shape index (κ2) is 6.70. The highest BCUT2D eigenvalue weighted by atomic mass is 79.9. The van der Waals surface area contributed by atoms with Gasteiger partial charge in [0, 0.05) is 10.0 Å². The predicted molar refractivity (Wildman–Crippen MR) is 89.2 cm³/mol. The summed E-state index contributed by atoms with van der Waals surface area (Å²) in [6, 6.07) is 11.5. The van der Waals surface area contributed by atoms with Gasteiger partial charge in [-0.25, -0.2) is 0 Å². The molecule has 1 N–H and O–H groups in total. The zero-order chi connectivity index (χ0) is 14.7. The molecule has 0 fully saturated rings. The summed E-state index contributed by atoms with van der Waals surface area (Å²) in [5.41, 5.74) is 1.76. The molecule has 0 spiro atoms. The molecule has 0 radical (unpaired) electrons. The number of benzene rings is 2. The summed E-state index contributed by atoms with van der Waals surface area (Å²) in [6.07, 6.45) is 0. The maximum Gasteiger partial charge on any atom is 0.124 e. The van der Waals surface area contributed by atoms with Crippen molar-refractivity contribution in [2.75, 3.05) is 12.4 Å². The first-order valence-corrected chi connectivity index (χ1v) is 7.61. The zero-order valence-electron chi connectivity index (χ0n) is 11.1. The van der Waals surface area contributed by atoms with E-state index in [1.54, 1.807) is 7.11 Å². The van der Waals surface area contributed by atoms with E-state index in [9.17, 15) is 0 Å². The molecule has 0 amide bonds.